The van der Waals surface area contributed by atoms with Gasteiger partial charge in [-0.15, -0.1) is 5.10 Å². The van der Waals surface area contributed by atoms with E-state index in [0.29, 0.717) is 10.9 Å². The first-order chi connectivity index (χ1) is 6.36. The zero-order valence-corrected chi connectivity index (χ0v) is 8.53. The summed E-state index contributed by atoms with van der Waals surface area (Å²) in [5.74, 6) is 2.13. The van der Waals surface area contributed by atoms with E-state index in [-0.39, 0.29) is 5.91 Å². The van der Waals surface area contributed by atoms with Crippen molar-refractivity contribution in [1.82, 2.24) is 14.9 Å². The number of rotatable bonds is 2. The number of hydrogen-bond acceptors (Lipinski definition) is 5. The van der Waals surface area contributed by atoms with E-state index in [0.717, 1.165) is 29.5 Å². The van der Waals surface area contributed by atoms with E-state index in [1.54, 1.807) is 0 Å². The number of aromatic nitrogens is 2. The van der Waals surface area contributed by atoms with Crippen molar-refractivity contribution in [3.8, 4) is 0 Å². The van der Waals surface area contributed by atoms with Crippen molar-refractivity contribution in [2.24, 2.45) is 0 Å². The zero-order chi connectivity index (χ0) is 9.10. The Morgan fingerprint density at radius 3 is 3.23 bits per heavy atom. The summed E-state index contributed by atoms with van der Waals surface area (Å²) in [7, 11) is 0. The summed E-state index contributed by atoms with van der Waals surface area (Å²) < 4.78 is 3.64. The Labute approximate surface area is 84.3 Å². The first-order valence-corrected chi connectivity index (χ1v) is 5.95. The SMILES string of the molecule is O=C(NC1CCSC1)c1cnns1. The Hall–Kier alpha value is -0.620. The molecule has 1 saturated heterocycles. The van der Waals surface area contributed by atoms with Gasteiger partial charge in [-0.2, -0.15) is 11.8 Å². The molecular formula is C7H9N3OS2. The van der Waals surface area contributed by atoms with Gasteiger partial charge in [0.15, 0.2) is 0 Å². The first-order valence-electron chi connectivity index (χ1n) is 4.02. The molecular weight excluding hydrogens is 206 g/mol. The number of carbonyl (C=O) groups excluding carboxylic acids is 1. The molecule has 1 unspecified atom stereocenters. The Morgan fingerprint density at radius 1 is 1.69 bits per heavy atom. The topological polar surface area (TPSA) is 54.9 Å². The van der Waals surface area contributed by atoms with Crippen LogP contribution >= 0.6 is 23.3 Å². The van der Waals surface area contributed by atoms with E-state index in [4.69, 9.17) is 0 Å². The second-order valence-corrected chi connectivity index (χ2v) is 4.75. The molecule has 1 fully saturated rings. The average Bonchev–Trinajstić information content (AvgIpc) is 2.74. The molecule has 0 bridgehead atoms. The van der Waals surface area contributed by atoms with Crippen molar-refractivity contribution in [3.05, 3.63) is 11.1 Å². The molecule has 1 aliphatic rings. The van der Waals surface area contributed by atoms with Gasteiger partial charge in [-0.3, -0.25) is 4.79 Å². The van der Waals surface area contributed by atoms with Crippen LogP contribution in [0.4, 0.5) is 0 Å². The van der Waals surface area contributed by atoms with Crippen molar-refractivity contribution in [3.63, 3.8) is 0 Å². The number of thioether (sulfide) groups is 1. The van der Waals surface area contributed by atoms with Crippen LogP contribution in [0.5, 0.6) is 0 Å². The third-order valence-electron chi connectivity index (χ3n) is 1.85. The fraction of sp³-hybridized carbons (Fsp3) is 0.571. The lowest BCUT2D eigenvalue weighted by molar-refractivity contribution is 0.0945. The second kappa shape index (κ2) is 4.06. The van der Waals surface area contributed by atoms with E-state index in [1.165, 1.54) is 6.20 Å². The lowest BCUT2D eigenvalue weighted by Gasteiger charge is -2.08. The molecule has 0 spiro atoms. The first kappa shape index (κ1) is 8.96. The molecule has 1 aromatic rings. The van der Waals surface area contributed by atoms with Crippen molar-refractivity contribution in [1.29, 1.82) is 0 Å². The van der Waals surface area contributed by atoms with Gasteiger partial charge >= 0.3 is 0 Å². The molecule has 0 radical (unpaired) electrons. The summed E-state index contributed by atoms with van der Waals surface area (Å²) >= 11 is 3.01. The number of carbonyl (C=O) groups is 1. The molecule has 1 atom stereocenters. The van der Waals surface area contributed by atoms with E-state index < -0.39 is 0 Å². The fourth-order valence-corrected chi connectivity index (χ4v) is 2.74. The van der Waals surface area contributed by atoms with Crippen LogP contribution in [-0.4, -0.2) is 33.0 Å². The highest BCUT2D eigenvalue weighted by Crippen LogP contribution is 2.17. The van der Waals surface area contributed by atoms with E-state index >= 15 is 0 Å². The fourth-order valence-electron chi connectivity index (χ4n) is 1.17. The minimum absolute atomic E-state index is 0.0394. The monoisotopic (exact) mass is 215 g/mol. The van der Waals surface area contributed by atoms with Crippen LogP contribution in [0.2, 0.25) is 0 Å². The van der Waals surface area contributed by atoms with Crippen LogP contribution in [0.15, 0.2) is 6.20 Å². The molecule has 70 valence electrons. The van der Waals surface area contributed by atoms with Gasteiger partial charge in [0.25, 0.3) is 5.91 Å². The van der Waals surface area contributed by atoms with Crippen molar-refractivity contribution < 1.29 is 4.79 Å². The zero-order valence-electron chi connectivity index (χ0n) is 6.90. The molecule has 1 amide bonds. The molecule has 1 aliphatic heterocycles. The van der Waals surface area contributed by atoms with E-state index in [1.807, 2.05) is 11.8 Å². The molecule has 1 aromatic heterocycles. The predicted octanol–water partition coefficient (Wildman–Crippen LogP) is 0.773. The standard InChI is InChI=1S/C7H9N3OS2/c11-7(6-3-8-10-13-6)9-5-1-2-12-4-5/h3,5H,1-2,4H2,(H,9,11). The van der Waals surface area contributed by atoms with Crippen LogP contribution in [0, 0.1) is 0 Å². The van der Waals surface area contributed by atoms with Gasteiger partial charge in [0, 0.05) is 11.8 Å². The maximum Gasteiger partial charge on any atom is 0.264 e. The molecule has 1 N–H and O–H groups in total. The Bertz CT molecular complexity index is 282. The smallest absolute Gasteiger partial charge is 0.264 e. The Morgan fingerprint density at radius 2 is 2.62 bits per heavy atom. The van der Waals surface area contributed by atoms with Crippen LogP contribution in [0.1, 0.15) is 16.1 Å². The minimum Gasteiger partial charge on any atom is -0.348 e. The van der Waals surface area contributed by atoms with Crippen LogP contribution in [0.25, 0.3) is 0 Å². The van der Waals surface area contributed by atoms with Crippen LogP contribution < -0.4 is 5.32 Å². The molecule has 6 heteroatoms. The minimum atomic E-state index is -0.0394. The molecule has 0 aromatic carbocycles. The lowest BCUT2D eigenvalue weighted by atomic mass is 10.2. The molecule has 0 aliphatic carbocycles. The summed E-state index contributed by atoms with van der Waals surface area (Å²) in [5, 5.41) is 6.57. The van der Waals surface area contributed by atoms with Gasteiger partial charge < -0.3 is 5.32 Å². The Kier molecular flexibility index (Phi) is 2.80. The summed E-state index contributed by atoms with van der Waals surface area (Å²) in [6, 6.07) is 0.333. The molecule has 2 rings (SSSR count). The second-order valence-electron chi connectivity index (χ2n) is 2.82. The molecule has 2 heterocycles. The Balaban J connectivity index is 1.91. The number of nitrogens with one attached hydrogen (secondary N) is 1. The normalized spacial score (nSPS) is 21.7. The third kappa shape index (κ3) is 2.19. The van der Waals surface area contributed by atoms with E-state index in [9.17, 15) is 4.79 Å². The van der Waals surface area contributed by atoms with Gasteiger partial charge in [-0.05, 0) is 23.7 Å². The summed E-state index contributed by atoms with van der Waals surface area (Å²) in [6.45, 7) is 0. The predicted molar refractivity (Wildman–Crippen MR) is 53.1 cm³/mol. The molecule has 0 saturated carbocycles. The van der Waals surface area contributed by atoms with Gasteiger partial charge in [-0.1, -0.05) is 4.49 Å². The van der Waals surface area contributed by atoms with Crippen LogP contribution in [0.3, 0.4) is 0 Å². The summed E-state index contributed by atoms with van der Waals surface area (Å²) in [5.41, 5.74) is 0. The largest absolute Gasteiger partial charge is 0.348 e. The summed E-state index contributed by atoms with van der Waals surface area (Å²) in [4.78, 5) is 12.1. The van der Waals surface area contributed by atoms with E-state index in [2.05, 4.69) is 14.9 Å². The lowest BCUT2D eigenvalue weighted by Crippen LogP contribution is -2.34. The number of amides is 1. The van der Waals surface area contributed by atoms with Gasteiger partial charge in [0.1, 0.15) is 4.88 Å². The highest BCUT2D eigenvalue weighted by atomic mass is 32.2. The number of hydrogen-bond donors (Lipinski definition) is 1. The van der Waals surface area contributed by atoms with Gasteiger partial charge in [0.2, 0.25) is 0 Å². The molecule has 13 heavy (non-hydrogen) atoms. The highest BCUT2D eigenvalue weighted by molar-refractivity contribution is 7.99. The van der Waals surface area contributed by atoms with Gasteiger partial charge in [0.05, 0.1) is 6.20 Å². The van der Waals surface area contributed by atoms with Crippen LogP contribution in [-0.2, 0) is 0 Å². The average molecular weight is 215 g/mol. The quantitative estimate of drug-likeness (QED) is 0.792. The third-order valence-corrected chi connectivity index (χ3v) is 3.68. The highest BCUT2D eigenvalue weighted by Gasteiger charge is 2.19. The summed E-state index contributed by atoms with van der Waals surface area (Å²) in [6.07, 6.45) is 2.57. The molecule has 4 nitrogen and oxygen atoms in total. The maximum absolute atomic E-state index is 11.5. The number of nitrogens with zero attached hydrogens (tertiary/aromatic N) is 2. The van der Waals surface area contributed by atoms with Crippen molar-refractivity contribution in [2.45, 2.75) is 12.5 Å². The van der Waals surface area contributed by atoms with Crippen molar-refractivity contribution >= 4 is 29.2 Å². The maximum atomic E-state index is 11.5. The van der Waals surface area contributed by atoms with Crippen molar-refractivity contribution in [2.75, 3.05) is 11.5 Å². The van der Waals surface area contributed by atoms with Gasteiger partial charge in [-0.25, -0.2) is 0 Å².